The highest BCUT2D eigenvalue weighted by Crippen LogP contribution is 2.45. The Kier molecular flexibility index (Phi) is 5.75. The Morgan fingerprint density at radius 3 is 2.58 bits per heavy atom. The molecule has 0 amide bonds. The Morgan fingerprint density at radius 1 is 1.15 bits per heavy atom. The summed E-state index contributed by atoms with van der Waals surface area (Å²) < 4.78 is 19.2. The van der Waals surface area contributed by atoms with Gasteiger partial charge >= 0.3 is 5.97 Å². The van der Waals surface area contributed by atoms with Gasteiger partial charge < -0.3 is 9.84 Å². The van der Waals surface area contributed by atoms with Crippen molar-refractivity contribution in [2.45, 2.75) is 63.6 Å². The van der Waals surface area contributed by atoms with Gasteiger partial charge in [0.05, 0.1) is 23.7 Å². The van der Waals surface area contributed by atoms with E-state index in [4.69, 9.17) is 9.72 Å². The van der Waals surface area contributed by atoms with Gasteiger partial charge in [-0.3, -0.25) is 9.78 Å². The summed E-state index contributed by atoms with van der Waals surface area (Å²) in [5.41, 5.74) is 6.11. The van der Waals surface area contributed by atoms with Crippen LogP contribution in [0.25, 0.3) is 28.1 Å². The van der Waals surface area contributed by atoms with Gasteiger partial charge in [-0.15, -0.1) is 0 Å². The molecule has 1 aliphatic carbocycles. The van der Waals surface area contributed by atoms with Crippen molar-refractivity contribution in [3.05, 3.63) is 71.2 Å². The normalized spacial score (nSPS) is 21.2. The summed E-state index contributed by atoms with van der Waals surface area (Å²) in [4.78, 5) is 16.9. The third kappa shape index (κ3) is 4.55. The number of aliphatic hydroxyl groups excluding tert-OH is 1. The molecule has 1 saturated heterocycles. The second kappa shape index (κ2) is 8.71. The second-order valence-corrected chi connectivity index (χ2v) is 9.48. The van der Waals surface area contributed by atoms with E-state index in [2.05, 4.69) is 32.0 Å². The number of pyridine rings is 1. The first kappa shape index (κ1) is 21.8. The molecule has 1 aliphatic heterocycles. The third-order valence-electron chi connectivity index (χ3n) is 6.51. The Labute approximate surface area is 193 Å². The predicted molar refractivity (Wildman–Crippen MR) is 127 cm³/mol. The number of cyclic esters (lactones) is 1. The lowest BCUT2D eigenvalue weighted by molar-refractivity contribution is -0.156. The highest BCUT2D eigenvalue weighted by molar-refractivity contribution is 6.00. The number of aliphatic hydroxyl groups is 1. The summed E-state index contributed by atoms with van der Waals surface area (Å²) in [6, 6.07) is 13.0. The topological polar surface area (TPSA) is 59.4 Å². The Morgan fingerprint density at radius 2 is 1.91 bits per heavy atom. The van der Waals surface area contributed by atoms with Crippen LogP contribution < -0.4 is 0 Å². The second-order valence-electron chi connectivity index (χ2n) is 9.48. The maximum atomic E-state index is 13.7. The quantitative estimate of drug-likeness (QED) is 0.481. The van der Waals surface area contributed by atoms with Gasteiger partial charge in [0.2, 0.25) is 0 Å². The fourth-order valence-corrected chi connectivity index (χ4v) is 4.57. The Balaban J connectivity index is 1.70. The number of esters is 1. The molecule has 0 bridgehead atoms. The lowest BCUT2D eigenvalue weighted by Gasteiger charge is -2.24. The number of ether oxygens (including phenoxy) is 1. The third-order valence-corrected chi connectivity index (χ3v) is 6.51. The zero-order chi connectivity index (χ0) is 23.1. The molecule has 0 radical (unpaired) electrons. The lowest BCUT2D eigenvalue weighted by Crippen LogP contribution is -2.31. The van der Waals surface area contributed by atoms with Crippen LogP contribution >= 0.6 is 0 Å². The first-order valence-electron chi connectivity index (χ1n) is 11.7. The van der Waals surface area contributed by atoms with Crippen LogP contribution in [0.2, 0.25) is 0 Å². The van der Waals surface area contributed by atoms with Gasteiger partial charge in [-0.2, -0.15) is 0 Å². The molecule has 1 saturated carbocycles. The van der Waals surface area contributed by atoms with Gasteiger partial charge in [-0.25, -0.2) is 4.39 Å². The SMILES string of the molecule is CC(C)c1ccc2c(-c3ccc(F)cc3)c(/C=C/C3CC(O)CC(=O)O3)c(C3CC3)nc2c1. The van der Waals surface area contributed by atoms with Crippen LogP contribution in [0.3, 0.4) is 0 Å². The molecule has 2 heterocycles. The fraction of sp³-hybridized carbons (Fsp3) is 0.357. The van der Waals surface area contributed by atoms with E-state index in [1.54, 1.807) is 12.1 Å². The number of carbonyl (C=O) groups is 1. The molecular formula is C28H28FNO3. The average molecular weight is 446 g/mol. The number of halogens is 1. The van der Waals surface area contributed by atoms with Gasteiger partial charge in [0.1, 0.15) is 11.9 Å². The predicted octanol–water partition coefficient (Wildman–Crippen LogP) is 6.12. The van der Waals surface area contributed by atoms with Crippen LogP contribution in [0.5, 0.6) is 0 Å². The van der Waals surface area contributed by atoms with E-state index in [0.717, 1.165) is 46.1 Å². The van der Waals surface area contributed by atoms with Crippen molar-refractivity contribution in [3.8, 4) is 11.1 Å². The van der Waals surface area contributed by atoms with E-state index in [1.165, 1.54) is 17.7 Å². The van der Waals surface area contributed by atoms with Gasteiger partial charge in [0.15, 0.2) is 0 Å². The molecule has 2 aromatic carbocycles. The standard InChI is InChI=1S/C28H28FNO3/c1-16(2)19-7-11-23-25(13-19)30-28(18-3-4-18)24(27(23)17-5-8-20(29)9-6-17)12-10-22-14-21(31)15-26(32)33-22/h5-13,16,18,21-22,31H,3-4,14-15H2,1-2H3/b12-10+. The van der Waals surface area contributed by atoms with Crippen LogP contribution in [0, 0.1) is 5.82 Å². The van der Waals surface area contributed by atoms with E-state index >= 15 is 0 Å². The minimum atomic E-state index is -0.690. The number of hydrogen-bond donors (Lipinski definition) is 1. The molecule has 1 N–H and O–H groups in total. The van der Waals surface area contributed by atoms with Gasteiger partial charge in [-0.1, -0.05) is 44.2 Å². The van der Waals surface area contributed by atoms with Gasteiger partial charge in [0.25, 0.3) is 0 Å². The molecule has 0 spiro atoms. The average Bonchev–Trinajstić information content (AvgIpc) is 3.62. The van der Waals surface area contributed by atoms with Crippen molar-refractivity contribution >= 4 is 22.9 Å². The summed E-state index contributed by atoms with van der Waals surface area (Å²) in [6.45, 7) is 4.34. The first-order chi connectivity index (χ1) is 15.9. The molecule has 1 aromatic heterocycles. The molecule has 170 valence electrons. The molecule has 5 rings (SSSR count). The fourth-order valence-electron chi connectivity index (χ4n) is 4.57. The number of rotatable bonds is 5. The van der Waals surface area contributed by atoms with E-state index in [9.17, 15) is 14.3 Å². The highest BCUT2D eigenvalue weighted by atomic mass is 19.1. The van der Waals surface area contributed by atoms with Gasteiger partial charge in [0, 0.05) is 28.9 Å². The summed E-state index contributed by atoms with van der Waals surface area (Å²) in [5, 5.41) is 11.0. The molecule has 5 heteroatoms. The molecule has 2 fully saturated rings. The molecule has 4 nitrogen and oxygen atoms in total. The van der Waals surface area contributed by atoms with E-state index < -0.39 is 12.2 Å². The summed E-state index contributed by atoms with van der Waals surface area (Å²) in [5.74, 6) is 0.113. The van der Waals surface area contributed by atoms with Crippen molar-refractivity contribution in [2.24, 2.45) is 0 Å². The minimum absolute atomic E-state index is 0.0359. The first-order valence-corrected chi connectivity index (χ1v) is 11.7. The monoisotopic (exact) mass is 445 g/mol. The molecule has 2 unspecified atom stereocenters. The van der Waals surface area contributed by atoms with E-state index in [0.29, 0.717) is 18.3 Å². The highest BCUT2D eigenvalue weighted by Gasteiger charge is 2.30. The minimum Gasteiger partial charge on any atom is -0.458 e. The van der Waals surface area contributed by atoms with Crippen molar-refractivity contribution in [2.75, 3.05) is 0 Å². The maximum absolute atomic E-state index is 13.7. The van der Waals surface area contributed by atoms with Crippen LogP contribution in [0.4, 0.5) is 4.39 Å². The molecule has 3 aromatic rings. The number of hydrogen-bond acceptors (Lipinski definition) is 4. The van der Waals surface area contributed by atoms with Crippen LogP contribution in [-0.4, -0.2) is 28.3 Å². The van der Waals surface area contributed by atoms with Crippen molar-refractivity contribution in [1.29, 1.82) is 0 Å². The number of carbonyl (C=O) groups excluding carboxylic acids is 1. The van der Waals surface area contributed by atoms with Crippen LogP contribution in [0.1, 0.15) is 68.2 Å². The zero-order valence-electron chi connectivity index (χ0n) is 18.9. The number of aromatic nitrogens is 1. The molecule has 33 heavy (non-hydrogen) atoms. The number of fused-ring (bicyclic) bond motifs is 1. The molecular weight excluding hydrogens is 417 g/mol. The van der Waals surface area contributed by atoms with Crippen molar-refractivity contribution < 1.29 is 19.0 Å². The maximum Gasteiger partial charge on any atom is 0.309 e. The van der Waals surface area contributed by atoms with Crippen LogP contribution in [0.15, 0.2) is 48.5 Å². The van der Waals surface area contributed by atoms with Crippen LogP contribution in [-0.2, 0) is 9.53 Å². The number of nitrogens with zero attached hydrogens (tertiary/aromatic N) is 1. The van der Waals surface area contributed by atoms with E-state index in [-0.39, 0.29) is 18.2 Å². The summed E-state index contributed by atoms with van der Waals surface area (Å²) >= 11 is 0. The largest absolute Gasteiger partial charge is 0.458 e. The van der Waals surface area contributed by atoms with Crippen molar-refractivity contribution in [3.63, 3.8) is 0 Å². The molecule has 2 atom stereocenters. The summed E-state index contributed by atoms with van der Waals surface area (Å²) in [7, 11) is 0. The summed E-state index contributed by atoms with van der Waals surface area (Å²) in [6.07, 6.45) is 5.25. The number of benzene rings is 2. The van der Waals surface area contributed by atoms with Gasteiger partial charge in [-0.05, 0) is 54.2 Å². The lowest BCUT2D eigenvalue weighted by atomic mass is 9.90. The zero-order valence-corrected chi connectivity index (χ0v) is 18.9. The van der Waals surface area contributed by atoms with E-state index in [1.807, 2.05) is 12.2 Å². The smallest absolute Gasteiger partial charge is 0.309 e. The molecule has 2 aliphatic rings. The Hall–Kier alpha value is -3.05. The Bertz CT molecular complexity index is 1230. The van der Waals surface area contributed by atoms with Crippen molar-refractivity contribution in [1.82, 2.24) is 4.98 Å².